The average Bonchev–Trinajstić information content (AvgIpc) is 3.18. The highest BCUT2D eigenvalue weighted by atomic mass is 79.9. The maximum atomic E-state index is 5.88. The fourth-order valence-corrected chi connectivity index (χ4v) is 2.94. The molecule has 10 heteroatoms. The van der Waals surface area contributed by atoms with Gasteiger partial charge in [-0.2, -0.15) is 10.1 Å². The van der Waals surface area contributed by atoms with Gasteiger partial charge in [-0.1, -0.05) is 5.16 Å². The molecule has 0 aliphatic rings. The molecule has 4 rings (SSSR count). The highest BCUT2D eigenvalue weighted by Crippen LogP contribution is 2.32. The van der Waals surface area contributed by atoms with Gasteiger partial charge in [-0.3, -0.25) is 0 Å². The molecule has 0 bridgehead atoms. The lowest BCUT2D eigenvalue weighted by Gasteiger charge is -2.07. The second kappa shape index (κ2) is 6.71. The van der Waals surface area contributed by atoms with Crippen molar-refractivity contribution in [3.05, 3.63) is 46.9 Å². The molecule has 4 aromatic rings. The molecule has 0 saturated carbocycles. The van der Waals surface area contributed by atoms with Crippen LogP contribution >= 0.6 is 15.9 Å². The summed E-state index contributed by atoms with van der Waals surface area (Å²) in [7, 11) is 1.81. The van der Waals surface area contributed by atoms with Gasteiger partial charge in [0.15, 0.2) is 18.1 Å². The Bertz CT molecular complexity index is 1060. The number of nitrogens with zero attached hydrogens (tertiary/aromatic N) is 6. The zero-order valence-electron chi connectivity index (χ0n) is 13.9. The summed E-state index contributed by atoms with van der Waals surface area (Å²) < 4.78 is 18.8. The first-order valence-corrected chi connectivity index (χ1v) is 8.42. The van der Waals surface area contributed by atoms with E-state index < -0.39 is 0 Å². The monoisotopic (exact) mass is 416 g/mol. The molecule has 3 aromatic heterocycles. The highest BCUT2D eigenvalue weighted by Gasteiger charge is 2.15. The van der Waals surface area contributed by atoms with E-state index in [1.807, 2.05) is 0 Å². The normalized spacial score (nSPS) is 11.0. The van der Waals surface area contributed by atoms with Crippen LogP contribution in [0.3, 0.4) is 0 Å². The van der Waals surface area contributed by atoms with Crippen LogP contribution in [0.15, 0.2) is 39.7 Å². The smallest absolute Gasteiger partial charge is 0.264 e. The number of aryl methyl sites for hydroxylation is 2. The average molecular weight is 417 g/mol. The molecule has 0 N–H and O–H groups in total. The van der Waals surface area contributed by atoms with Crippen LogP contribution in [0.2, 0.25) is 0 Å². The van der Waals surface area contributed by atoms with Gasteiger partial charge in [0.2, 0.25) is 5.88 Å². The minimum Gasteiger partial charge on any atom is -0.484 e. The van der Waals surface area contributed by atoms with Gasteiger partial charge >= 0.3 is 0 Å². The highest BCUT2D eigenvalue weighted by molar-refractivity contribution is 9.10. The number of benzene rings is 1. The van der Waals surface area contributed by atoms with Crippen molar-refractivity contribution in [2.24, 2.45) is 7.05 Å². The van der Waals surface area contributed by atoms with E-state index in [9.17, 15) is 0 Å². The predicted molar refractivity (Wildman–Crippen MR) is 93.9 cm³/mol. The summed E-state index contributed by atoms with van der Waals surface area (Å²) >= 11 is 3.41. The minimum atomic E-state index is 0.205. The van der Waals surface area contributed by atoms with Crippen molar-refractivity contribution >= 4 is 27.0 Å². The summed E-state index contributed by atoms with van der Waals surface area (Å²) in [6.07, 6.45) is 1.44. The molecule has 0 radical (unpaired) electrons. The van der Waals surface area contributed by atoms with Crippen LogP contribution in [0.25, 0.3) is 11.0 Å². The Kier molecular flexibility index (Phi) is 4.25. The van der Waals surface area contributed by atoms with Crippen molar-refractivity contribution in [1.29, 1.82) is 0 Å². The molecule has 0 saturated heterocycles. The van der Waals surface area contributed by atoms with Crippen LogP contribution in [0.4, 0.5) is 0 Å². The van der Waals surface area contributed by atoms with Crippen LogP contribution < -0.4 is 9.47 Å². The van der Waals surface area contributed by atoms with Gasteiger partial charge in [-0.05, 0) is 47.1 Å². The van der Waals surface area contributed by atoms with Gasteiger partial charge in [0.25, 0.3) is 5.89 Å². The molecule has 132 valence electrons. The zero-order valence-corrected chi connectivity index (χ0v) is 15.5. The number of rotatable bonds is 5. The molecule has 1 aromatic carbocycles. The summed E-state index contributed by atoms with van der Waals surface area (Å²) in [5, 5.41) is 8.70. The molecule has 26 heavy (non-hydrogen) atoms. The third-order valence-electron chi connectivity index (χ3n) is 3.51. The summed E-state index contributed by atoms with van der Waals surface area (Å²) in [4.78, 5) is 12.5. The van der Waals surface area contributed by atoms with Crippen molar-refractivity contribution in [3.8, 4) is 17.4 Å². The second-order valence-electron chi connectivity index (χ2n) is 5.39. The Morgan fingerprint density at radius 2 is 1.92 bits per heavy atom. The molecule has 0 aliphatic carbocycles. The van der Waals surface area contributed by atoms with E-state index in [1.54, 1.807) is 42.9 Å². The van der Waals surface area contributed by atoms with Gasteiger partial charge in [0.1, 0.15) is 27.8 Å². The zero-order chi connectivity index (χ0) is 18.1. The quantitative estimate of drug-likeness (QED) is 0.488. The Labute approximate surface area is 156 Å². The van der Waals surface area contributed by atoms with E-state index in [1.165, 1.54) is 6.33 Å². The molecule has 0 unspecified atom stereocenters. The maximum Gasteiger partial charge on any atom is 0.264 e. The number of halogens is 1. The number of fused-ring (bicyclic) bond motifs is 1. The molecule has 9 nitrogen and oxygen atoms in total. The van der Waals surface area contributed by atoms with Crippen LogP contribution in [0.1, 0.15) is 11.7 Å². The third kappa shape index (κ3) is 3.23. The van der Waals surface area contributed by atoms with E-state index in [0.717, 1.165) is 0 Å². The molecular weight excluding hydrogens is 404 g/mol. The molecule has 0 aliphatic heterocycles. The van der Waals surface area contributed by atoms with Crippen LogP contribution in [-0.2, 0) is 13.7 Å². The fourth-order valence-electron chi connectivity index (χ4n) is 2.35. The second-order valence-corrected chi connectivity index (χ2v) is 6.14. The lowest BCUT2D eigenvalue weighted by atomic mass is 10.3. The maximum absolute atomic E-state index is 5.88. The summed E-state index contributed by atoms with van der Waals surface area (Å²) in [5.74, 6) is 2.69. The molecule has 0 amide bonds. The fraction of sp³-hybridized carbons (Fsp3) is 0.188. The molecule has 0 fully saturated rings. The Hall–Kier alpha value is -3.01. The largest absolute Gasteiger partial charge is 0.484 e. The SMILES string of the molecule is Cc1noc(COc2ccc(Oc3ncnc4c3c(Br)nn4C)cc2)n1. The van der Waals surface area contributed by atoms with E-state index in [0.29, 0.717) is 44.7 Å². The van der Waals surface area contributed by atoms with Crippen molar-refractivity contribution in [3.63, 3.8) is 0 Å². The predicted octanol–water partition coefficient (Wildman–Crippen LogP) is 3.19. The Morgan fingerprint density at radius 1 is 1.15 bits per heavy atom. The number of ether oxygens (including phenoxy) is 2. The first kappa shape index (κ1) is 16.5. The van der Waals surface area contributed by atoms with Crippen molar-refractivity contribution in [1.82, 2.24) is 29.9 Å². The summed E-state index contributed by atoms with van der Waals surface area (Å²) in [6.45, 7) is 1.96. The topological polar surface area (TPSA) is 101 Å². The molecular formula is C16H13BrN6O3. The molecule has 0 spiro atoms. The van der Waals surface area contributed by atoms with Crippen LogP contribution in [-0.4, -0.2) is 29.9 Å². The van der Waals surface area contributed by atoms with Gasteiger partial charge in [-0.25, -0.2) is 14.6 Å². The molecule has 3 heterocycles. The standard InChI is InChI=1S/C16H13BrN6O3/c1-9-20-12(26-22-9)7-24-10-3-5-11(6-4-10)25-16-13-14(17)21-23(2)15(13)18-8-19-16/h3-6,8H,7H2,1-2H3. The first-order chi connectivity index (χ1) is 12.6. The van der Waals surface area contributed by atoms with Crippen molar-refractivity contribution < 1.29 is 14.0 Å². The van der Waals surface area contributed by atoms with Crippen LogP contribution in [0.5, 0.6) is 17.4 Å². The minimum absolute atomic E-state index is 0.205. The number of hydrogen-bond acceptors (Lipinski definition) is 8. The van der Waals surface area contributed by atoms with Crippen molar-refractivity contribution in [2.75, 3.05) is 0 Å². The Balaban J connectivity index is 1.49. The number of aromatic nitrogens is 6. The number of hydrogen-bond donors (Lipinski definition) is 0. The van der Waals surface area contributed by atoms with Gasteiger partial charge < -0.3 is 14.0 Å². The van der Waals surface area contributed by atoms with E-state index in [4.69, 9.17) is 14.0 Å². The van der Waals surface area contributed by atoms with Crippen molar-refractivity contribution in [2.45, 2.75) is 13.5 Å². The van der Waals surface area contributed by atoms with E-state index in [-0.39, 0.29) is 6.61 Å². The molecule has 0 atom stereocenters. The lowest BCUT2D eigenvalue weighted by Crippen LogP contribution is -1.96. The Morgan fingerprint density at radius 3 is 2.65 bits per heavy atom. The lowest BCUT2D eigenvalue weighted by molar-refractivity contribution is 0.242. The van der Waals surface area contributed by atoms with E-state index in [2.05, 4.69) is 41.1 Å². The van der Waals surface area contributed by atoms with Gasteiger partial charge in [-0.15, -0.1) is 0 Å². The van der Waals surface area contributed by atoms with Crippen LogP contribution in [0, 0.1) is 6.92 Å². The first-order valence-electron chi connectivity index (χ1n) is 7.63. The van der Waals surface area contributed by atoms with Gasteiger partial charge in [0, 0.05) is 7.05 Å². The third-order valence-corrected chi connectivity index (χ3v) is 4.07. The van der Waals surface area contributed by atoms with Gasteiger partial charge in [0.05, 0.1) is 0 Å². The summed E-state index contributed by atoms with van der Waals surface area (Å²) in [5.41, 5.74) is 0.677. The van der Waals surface area contributed by atoms with E-state index >= 15 is 0 Å². The summed E-state index contributed by atoms with van der Waals surface area (Å²) in [6, 6.07) is 7.14.